The van der Waals surface area contributed by atoms with E-state index in [1.54, 1.807) is 12.1 Å². The first kappa shape index (κ1) is 24.3. The summed E-state index contributed by atoms with van der Waals surface area (Å²) < 4.78 is 4.95. The second kappa shape index (κ2) is 9.77. The van der Waals surface area contributed by atoms with E-state index in [9.17, 15) is 39.4 Å². The highest BCUT2D eigenvalue weighted by atomic mass is 16.6. The number of piperazine rings is 1. The highest BCUT2D eigenvalue weighted by molar-refractivity contribution is 6.24. The number of carbonyl (C=O) groups is 4. The van der Waals surface area contributed by atoms with Gasteiger partial charge < -0.3 is 14.5 Å². The van der Waals surface area contributed by atoms with E-state index in [-0.39, 0.29) is 16.8 Å². The number of nitro benzene ring substituents is 2. The van der Waals surface area contributed by atoms with E-state index in [1.165, 1.54) is 29.2 Å². The number of hydrogen-bond acceptors (Lipinski definition) is 10. The Morgan fingerprint density at radius 1 is 0.889 bits per heavy atom. The van der Waals surface area contributed by atoms with E-state index >= 15 is 0 Å². The predicted molar refractivity (Wildman–Crippen MR) is 121 cm³/mol. The fourth-order valence-electron chi connectivity index (χ4n) is 4.02. The Hall–Kier alpha value is -4.88. The van der Waals surface area contributed by atoms with Gasteiger partial charge in [0.1, 0.15) is 12.1 Å². The normalized spacial score (nSPS) is 15.1. The molecule has 36 heavy (non-hydrogen) atoms. The van der Waals surface area contributed by atoms with E-state index in [2.05, 4.69) is 0 Å². The van der Waals surface area contributed by atoms with Crippen molar-refractivity contribution in [1.82, 2.24) is 9.80 Å². The maximum atomic E-state index is 12.5. The van der Waals surface area contributed by atoms with E-state index in [1.807, 2.05) is 4.90 Å². The predicted octanol–water partition coefficient (Wildman–Crippen LogP) is 0.991. The van der Waals surface area contributed by atoms with Crippen molar-refractivity contribution in [2.24, 2.45) is 0 Å². The Morgan fingerprint density at radius 3 is 2.17 bits per heavy atom. The lowest BCUT2D eigenvalue weighted by atomic mass is 10.1. The quantitative estimate of drug-likeness (QED) is 0.232. The van der Waals surface area contributed by atoms with Crippen LogP contribution < -0.4 is 4.90 Å². The van der Waals surface area contributed by atoms with Gasteiger partial charge in [-0.25, -0.2) is 0 Å². The molecule has 0 unspecified atom stereocenters. The van der Waals surface area contributed by atoms with Gasteiger partial charge >= 0.3 is 5.97 Å². The van der Waals surface area contributed by atoms with E-state index < -0.39 is 52.4 Å². The lowest BCUT2D eigenvalue weighted by Crippen LogP contribution is -2.50. The van der Waals surface area contributed by atoms with Gasteiger partial charge in [-0.3, -0.25) is 44.3 Å². The van der Waals surface area contributed by atoms with Crippen LogP contribution in [0.15, 0.2) is 42.5 Å². The van der Waals surface area contributed by atoms with Crippen LogP contribution in [-0.2, 0) is 14.3 Å². The summed E-state index contributed by atoms with van der Waals surface area (Å²) in [5.74, 6) is -3.31. The van der Waals surface area contributed by atoms with Crippen molar-refractivity contribution in [2.45, 2.75) is 0 Å². The number of esters is 1. The van der Waals surface area contributed by atoms with Crippen molar-refractivity contribution in [3.8, 4) is 0 Å². The zero-order chi connectivity index (χ0) is 26.0. The van der Waals surface area contributed by atoms with Crippen LogP contribution in [0.1, 0.15) is 20.7 Å². The molecule has 186 valence electrons. The number of non-ortho nitro benzene ring substituents is 1. The van der Waals surface area contributed by atoms with E-state index in [4.69, 9.17) is 4.74 Å². The third kappa shape index (κ3) is 4.68. The molecule has 2 heterocycles. The molecule has 2 aliphatic heterocycles. The molecule has 14 heteroatoms. The molecule has 14 nitrogen and oxygen atoms in total. The highest BCUT2D eigenvalue weighted by Crippen LogP contribution is 2.30. The molecule has 0 saturated carbocycles. The Balaban J connectivity index is 1.27. The van der Waals surface area contributed by atoms with Crippen molar-refractivity contribution in [1.29, 1.82) is 0 Å². The summed E-state index contributed by atoms with van der Waals surface area (Å²) in [4.78, 5) is 74.4. The van der Waals surface area contributed by atoms with Crippen molar-refractivity contribution in [2.75, 3.05) is 44.2 Å². The zero-order valence-electron chi connectivity index (χ0n) is 18.7. The minimum atomic E-state index is -1.01. The van der Waals surface area contributed by atoms with Crippen LogP contribution in [0.2, 0.25) is 0 Å². The minimum absolute atomic E-state index is 0.0196. The summed E-state index contributed by atoms with van der Waals surface area (Å²) in [5, 5.41) is 22.0. The summed E-state index contributed by atoms with van der Waals surface area (Å²) in [6.07, 6.45) is 0. The number of benzene rings is 2. The molecule has 0 spiro atoms. The Morgan fingerprint density at radius 2 is 1.56 bits per heavy atom. The molecule has 4 rings (SSSR count). The largest absolute Gasteiger partial charge is 0.454 e. The van der Waals surface area contributed by atoms with Crippen LogP contribution in [0, 0.1) is 20.2 Å². The SMILES string of the molecule is O=C(CN1C(=O)c2cccc([N+](=O)[O-])c2C1=O)OCC(=O)N1CCN(c2ccc([N+](=O)[O-])cc2)CC1. The molecular formula is C22H19N5O9. The molecule has 0 radical (unpaired) electrons. The first-order valence-corrected chi connectivity index (χ1v) is 10.7. The van der Waals surface area contributed by atoms with E-state index in [0.29, 0.717) is 31.1 Å². The second-order valence-electron chi connectivity index (χ2n) is 7.96. The lowest BCUT2D eigenvalue weighted by Gasteiger charge is -2.36. The van der Waals surface area contributed by atoms with Crippen molar-refractivity contribution in [3.05, 3.63) is 73.8 Å². The number of fused-ring (bicyclic) bond motifs is 1. The Bertz CT molecular complexity index is 1270. The van der Waals surface area contributed by atoms with Gasteiger partial charge in [0.25, 0.3) is 29.1 Å². The van der Waals surface area contributed by atoms with Crippen molar-refractivity contribution in [3.63, 3.8) is 0 Å². The molecule has 2 aromatic carbocycles. The van der Waals surface area contributed by atoms with Crippen LogP contribution in [0.4, 0.5) is 17.1 Å². The molecule has 2 aliphatic rings. The van der Waals surface area contributed by atoms with Crippen molar-refractivity contribution < 1.29 is 33.8 Å². The Kier molecular flexibility index (Phi) is 6.58. The molecule has 0 N–H and O–H groups in total. The molecule has 0 atom stereocenters. The number of anilines is 1. The van der Waals surface area contributed by atoms with Gasteiger partial charge in [0.05, 0.1) is 15.4 Å². The van der Waals surface area contributed by atoms with Gasteiger partial charge in [-0.1, -0.05) is 6.07 Å². The summed E-state index contributed by atoms with van der Waals surface area (Å²) in [6.45, 7) is 0.200. The number of carbonyl (C=O) groups excluding carboxylic acids is 4. The maximum absolute atomic E-state index is 12.5. The van der Waals surface area contributed by atoms with Crippen molar-refractivity contribution >= 4 is 40.8 Å². The number of ether oxygens (including phenoxy) is 1. The van der Waals surface area contributed by atoms with Gasteiger partial charge in [-0.05, 0) is 18.2 Å². The van der Waals surface area contributed by atoms with Gasteiger partial charge in [0, 0.05) is 50.1 Å². The van der Waals surface area contributed by atoms with Gasteiger partial charge in [-0.2, -0.15) is 0 Å². The third-order valence-corrected chi connectivity index (χ3v) is 5.88. The summed E-state index contributed by atoms with van der Waals surface area (Å²) in [5.41, 5.74) is -0.342. The zero-order valence-corrected chi connectivity index (χ0v) is 18.7. The number of nitrogens with zero attached hydrogens (tertiary/aromatic N) is 5. The molecular weight excluding hydrogens is 478 g/mol. The van der Waals surface area contributed by atoms with E-state index in [0.717, 1.165) is 11.8 Å². The second-order valence-corrected chi connectivity index (χ2v) is 7.96. The number of nitro groups is 2. The van der Waals surface area contributed by atoms with Crippen LogP contribution in [0.5, 0.6) is 0 Å². The molecule has 2 aromatic rings. The average molecular weight is 497 g/mol. The fourth-order valence-corrected chi connectivity index (χ4v) is 4.02. The topological polar surface area (TPSA) is 174 Å². The van der Waals surface area contributed by atoms with Gasteiger partial charge in [0.2, 0.25) is 0 Å². The summed E-state index contributed by atoms with van der Waals surface area (Å²) in [7, 11) is 0. The summed E-state index contributed by atoms with van der Waals surface area (Å²) in [6, 6.07) is 9.68. The lowest BCUT2D eigenvalue weighted by molar-refractivity contribution is -0.385. The molecule has 1 fully saturated rings. The molecule has 0 aromatic heterocycles. The molecule has 0 aliphatic carbocycles. The first-order chi connectivity index (χ1) is 17.2. The van der Waals surface area contributed by atoms with Crippen LogP contribution in [0.3, 0.4) is 0 Å². The third-order valence-electron chi connectivity index (χ3n) is 5.88. The maximum Gasteiger partial charge on any atom is 0.326 e. The first-order valence-electron chi connectivity index (χ1n) is 10.7. The smallest absolute Gasteiger partial charge is 0.326 e. The Labute approximate surface area is 202 Å². The minimum Gasteiger partial charge on any atom is -0.454 e. The molecule has 3 amide bonds. The average Bonchev–Trinajstić information content (AvgIpc) is 3.12. The van der Waals surface area contributed by atoms with Crippen LogP contribution >= 0.6 is 0 Å². The van der Waals surface area contributed by atoms with Crippen LogP contribution in [-0.4, -0.2) is 82.7 Å². The molecule has 1 saturated heterocycles. The summed E-state index contributed by atoms with van der Waals surface area (Å²) >= 11 is 0. The van der Waals surface area contributed by atoms with Gasteiger partial charge in [-0.15, -0.1) is 0 Å². The number of hydrogen-bond donors (Lipinski definition) is 0. The molecule has 0 bridgehead atoms. The van der Waals surface area contributed by atoms with Crippen LogP contribution in [0.25, 0.3) is 0 Å². The fraction of sp³-hybridized carbons (Fsp3) is 0.273. The number of rotatable bonds is 7. The standard InChI is InChI=1S/C22H19N5O9/c28-18(24-10-8-23(9-11-24)14-4-6-15(7-5-14)26(32)33)13-36-19(29)12-25-21(30)16-2-1-3-17(27(34)35)20(16)22(25)31/h1-7H,8-13H2. The number of amides is 3. The monoisotopic (exact) mass is 497 g/mol. The number of imide groups is 1. The highest BCUT2D eigenvalue weighted by Gasteiger charge is 2.42. The van der Waals surface area contributed by atoms with Gasteiger partial charge in [0.15, 0.2) is 6.61 Å².